The van der Waals surface area contributed by atoms with E-state index in [1.54, 1.807) is 6.92 Å². The number of nitrogens with zero attached hydrogens (tertiary/aromatic N) is 8. The van der Waals surface area contributed by atoms with Crippen LogP contribution in [0.2, 0.25) is 5.02 Å². The fraction of sp³-hybridized carbons (Fsp3) is 0.333. The van der Waals surface area contributed by atoms with Crippen molar-refractivity contribution in [2.24, 2.45) is 15.9 Å². The normalized spacial score (nSPS) is 13.6. The van der Waals surface area contributed by atoms with Gasteiger partial charge in [0.2, 0.25) is 0 Å². The van der Waals surface area contributed by atoms with E-state index in [4.69, 9.17) is 27.2 Å². The molecule has 1 aromatic carbocycles. The monoisotopic (exact) mass is 594 g/mol. The van der Waals surface area contributed by atoms with Crippen LogP contribution in [0.3, 0.4) is 0 Å². The molecule has 1 saturated carbocycles. The molecule has 1 fully saturated rings. The summed E-state index contributed by atoms with van der Waals surface area (Å²) in [4.78, 5) is 33.7. The number of nitrogens with two attached hydrogens (primary N) is 1. The molecule has 1 amide bonds. The first-order valence-corrected chi connectivity index (χ1v) is 13.7. The molecule has 0 atom stereocenters. The second-order valence-corrected chi connectivity index (χ2v) is 10.0. The van der Waals surface area contributed by atoms with E-state index in [1.807, 2.05) is 10.6 Å². The quantitative estimate of drug-likeness (QED) is 0.109. The summed E-state index contributed by atoms with van der Waals surface area (Å²) in [5.41, 5.74) is 3.77. The van der Waals surface area contributed by atoms with Crippen molar-refractivity contribution < 1.29 is 18.7 Å². The summed E-state index contributed by atoms with van der Waals surface area (Å²) in [6.45, 7) is 2.03. The van der Waals surface area contributed by atoms with Gasteiger partial charge >= 0.3 is 5.97 Å². The van der Waals surface area contributed by atoms with Gasteiger partial charge in [0.15, 0.2) is 5.71 Å². The fourth-order valence-electron chi connectivity index (χ4n) is 4.49. The second kappa shape index (κ2) is 12.9. The number of halogens is 2. The summed E-state index contributed by atoms with van der Waals surface area (Å²) in [7, 11) is 0. The van der Waals surface area contributed by atoms with Gasteiger partial charge in [-0.1, -0.05) is 17.7 Å². The first-order chi connectivity index (χ1) is 20.4. The van der Waals surface area contributed by atoms with Gasteiger partial charge in [0.05, 0.1) is 35.8 Å². The van der Waals surface area contributed by atoms with Gasteiger partial charge in [-0.15, -0.1) is 5.10 Å². The van der Waals surface area contributed by atoms with Crippen LogP contribution >= 0.6 is 11.6 Å². The molecule has 13 nitrogen and oxygen atoms in total. The predicted octanol–water partition coefficient (Wildman–Crippen LogP) is 2.68. The largest absolute Gasteiger partial charge is 0.466 e. The number of amides is 1. The van der Waals surface area contributed by atoms with E-state index in [0.29, 0.717) is 30.3 Å². The lowest BCUT2D eigenvalue weighted by molar-refractivity contribution is -0.143. The van der Waals surface area contributed by atoms with E-state index >= 15 is 0 Å². The first kappa shape index (κ1) is 28.8. The number of hydrogen-bond donors (Lipinski definition) is 2. The van der Waals surface area contributed by atoms with Crippen LogP contribution in [0.1, 0.15) is 54.5 Å². The Bertz CT molecular complexity index is 1660. The highest BCUT2D eigenvalue weighted by Gasteiger charge is 2.25. The fourth-order valence-corrected chi connectivity index (χ4v) is 4.66. The van der Waals surface area contributed by atoms with E-state index in [9.17, 15) is 14.0 Å². The van der Waals surface area contributed by atoms with Crippen molar-refractivity contribution in [3.05, 3.63) is 70.1 Å². The molecular weight excluding hydrogens is 567 g/mol. The van der Waals surface area contributed by atoms with Gasteiger partial charge in [-0.25, -0.2) is 14.1 Å². The predicted molar refractivity (Wildman–Crippen MR) is 152 cm³/mol. The zero-order chi connectivity index (χ0) is 29.6. The number of hydrogen-bond acceptors (Lipinski definition) is 10. The topological polar surface area (TPSA) is 167 Å². The van der Waals surface area contributed by atoms with Gasteiger partial charge in [0, 0.05) is 30.9 Å². The molecule has 0 bridgehead atoms. The van der Waals surface area contributed by atoms with Gasteiger partial charge in [-0.2, -0.15) is 5.10 Å². The number of rotatable bonds is 12. The minimum Gasteiger partial charge on any atom is -0.466 e. The Morgan fingerprint density at radius 3 is 2.86 bits per heavy atom. The second-order valence-electron chi connectivity index (χ2n) is 9.62. The molecule has 42 heavy (non-hydrogen) atoms. The number of ether oxygens (including phenoxy) is 1. The molecule has 0 spiro atoms. The molecule has 3 N–H and O–H groups in total. The van der Waals surface area contributed by atoms with Crippen molar-refractivity contribution in [2.45, 2.75) is 51.6 Å². The van der Waals surface area contributed by atoms with E-state index in [0.717, 1.165) is 24.1 Å². The molecule has 1 aliphatic rings. The number of carbonyl (C=O) groups excluding carboxylic acids is 2. The van der Waals surface area contributed by atoms with Crippen LogP contribution in [0, 0.1) is 5.82 Å². The molecule has 3 aromatic heterocycles. The number of esters is 1. The smallest absolute Gasteiger partial charge is 0.306 e. The number of imidazole rings is 1. The molecule has 0 radical (unpaired) electrons. The number of carbonyl (C=O) groups is 2. The third-order valence-corrected chi connectivity index (χ3v) is 6.97. The Hall–Kier alpha value is -4.72. The van der Waals surface area contributed by atoms with Gasteiger partial charge < -0.3 is 20.3 Å². The number of aromatic nitrogens is 6. The van der Waals surface area contributed by atoms with Crippen LogP contribution < -0.4 is 11.2 Å². The highest BCUT2D eigenvalue weighted by atomic mass is 35.5. The minimum absolute atomic E-state index is 0.0745. The zero-order valence-electron chi connectivity index (χ0n) is 22.7. The standard InChI is InChI=1S/C27H28ClFN10O3/c1-2-42-24(40)8-5-17-9-18(16-3-4-16)13-38-14-19(34-26(17)38)10-31-12-22(35-30)27(41)32-11-20-23(39-15-33-36-37-39)7-6-21(28)25(20)29/h6-7,9,12-16H,2-5,8,10-11,30H2,1H3,(H,32,41). The van der Waals surface area contributed by atoms with Crippen LogP contribution in [0.5, 0.6) is 0 Å². The number of pyridine rings is 1. The van der Waals surface area contributed by atoms with Crippen molar-refractivity contribution in [3.8, 4) is 5.69 Å². The van der Waals surface area contributed by atoms with Gasteiger partial charge in [0.25, 0.3) is 5.91 Å². The third-order valence-electron chi connectivity index (χ3n) is 6.68. The van der Waals surface area contributed by atoms with Crippen molar-refractivity contribution in [3.63, 3.8) is 0 Å². The minimum atomic E-state index is -0.719. The number of hydrazone groups is 1. The summed E-state index contributed by atoms with van der Waals surface area (Å²) < 4.78 is 23.1. The van der Waals surface area contributed by atoms with Crippen molar-refractivity contribution in [2.75, 3.05) is 6.61 Å². The lowest BCUT2D eigenvalue weighted by atomic mass is 10.1. The number of aliphatic imine (C=N–C) groups is 1. The number of tetrazole rings is 1. The SMILES string of the molecule is CCOC(=O)CCc1cc(C2CC2)cn2cc(CN=CC(=NN)C(=O)NCc3c(-n4cnnn4)ccc(Cl)c3F)nc12. The third kappa shape index (κ3) is 6.60. The Morgan fingerprint density at radius 1 is 1.31 bits per heavy atom. The molecule has 218 valence electrons. The van der Waals surface area contributed by atoms with Crippen molar-refractivity contribution in [1.29, 1.82) is 0 Å². The van der Waals surface area contributed by atoms with Crippen LogP contribution in [0.25, 0.3) is 11.3 Å². The number of benzene rings is 1. The summed E-state index contributed by atoms with van der Waals surface area (Å²) >= 11 is 5.95. The Morgan fingerprint density at radius 2 is 2.14 bits per heavy atom. The Labute approximate surface area is 244 Å². The number of aryl methyl sites for hydroxylation is 1. The van der Waals surface area contributed by atoms with E-state index in [-0.39, 0.29) is 41.8 Å². The van der Waals surface area contributed by atoms with Crippen molar-refractivity contribution in [1.82, 2.24) is 34.9 Å². The molecule has 4 aromatic rings. The lowest BCUT2D eigenvalue weighted by Gasteiger charge is -2.12. The maximum atomic E-state index is 14.8. The molecule has 15 heteroatoms. The number of fused-ring (bicyclic) bond motifs is 1. The van der Waals surface area contributed by atoms with Gasteiger partial charge in [-0.3, -0.25) is 14.6 Å². The van der Waals surface area contributed by atoms with Crippen LogP contribution in [0.4, 0.5) is 4.39 Å². The van der Waals surface area contributed by atoms with Crippen molar-refractivity contribution >= 4 is 41.1 Å². The summed E-state index contributed by atoms with van der Waals surface area (Å²) in [6, 6.07) is 5.02. The highest BCUT2D eigenvalue weighted by molar-refractivity contribution is 6.60. The molecule has 3 heterocycles. The molecule has 0 unspecified atom stereocenters. The molecule has 5 rings (SSSR count). The molecule has 0 saturated heterocycles. The maximum absolute atomic E-state index is 14.8. The van der Waals surface area contributed by atoms with Crippen LogP contribution in [-0.2, 0) is 33.8 Å². The van der Waals surface area contributed by atoms with E-state index in [1.165, 1.54) is 34.9 Å². The summed E-state index contributed by atoms with van der Waals surface area (Å²) in [5, 5.41) is 16.9. The summed E-state index contributed by atoms with van der Waals surface area (Å²) in [5.74, 6) is 4.32. The number of nitrogens with one attached hydrogen (secondary N) is 1. The highest BCUT2D eigenvalue weighted by Crippen LogP contribution is 2.40. The Balaban J connectivity index is 1.26. The molecule has 0 aliphatic heterocycles. The van der Waals surface area contributed by atoms with Crippen LogP contribution in [0.15, 0.2) is 47.0 Å². The van der Waals surface area contributed by atoms with E-state index < -0.39 is 11.7 Å². The molecular formula is C27H28ClFN10O3. The first-order valence-electron chi connectivity index (χ1n) is 13.3. The Kier molecular flexibility index (Phi) is 8.81. The van der Waals surface area contributed by atoms with Gasteiger partial charge in [0.1, 0.15) is 17.8 Å². The lowest BCUT2D eigenvalue weighted by Crippen LogP contribution is -2.33. The van der Waals surface area contributed by atoms with Crippen LogP contribution in [-0.4, -0.2) is 60.0 Å². The van der Waals surface area contributed by atoms with Gasteiger partial charge in [-0.05, 0) is 65.8 Å². The zero-order valence-corrected chi connectivity index (χ0v) is 23.5. The summed E-state index contributed by atoms with van der Waals surface area (Å²) in [6.07, 6.45) is 9.50. The molecule has 1 aliphatic carbocycles. The maximum Gasteiger partial charge on any atom is 0.306 e. The average Bonchev–Trinajstić information content (AvgIpc) is 3.52. The average molecular weight is 595 g/mol. The van der Waals surface area contributed by atoms with E-state index in [2.05, 4.69) is 43.2 Å².